The molecule has 2 heterocycles. The second kappa shape index (κ2) is 3.99. The van der Waals surface area contributed by atoms with Gasteiger partial charge in [0.25, 0.3) is 0 Å². The van der Waals surface area contributed by atoms with Crippen molar-refractivity contribution in [2.75, 3.05) is 5.73 Å². The van der Waals surface area contributed by atoms with Crippen LogP contribution in [0.5, 0.6) is 0 Å². The number of hydrogen-bond donors (Lipinski definition) is 2. The van der Waals surface area contributed by atoms with E-state index in [0.29, 0.717) is 28.2 Å². The number of aromatic amines is 1. The van der Waals surface area contributed by atoms with Crippen LogP contribution in [0.3, 0.4) is 0 Å². The minimum atomic E-state index is -4.36. The van der Waals surface area contributed by atoms with Crippen molar-refractivity contribution < 1.29 is 13.2 Å². The Morgan fingerprint density at radius 1 is 1.20 bits per heavy atom. The fourth-order valence-corrected chi connectivity index (χ4v) is 2.07. The van der Waals surface area contributed by atoms with Crippen molar-refractivity contribution in [2.24, 2.45) is 0 Å². The zero-order valence-corrected chi connectivity index (χ0v) is 10.4. The molecule has 0 saturated carbocycles. The Bertz CT molecular complexity index is 767. The van der Waals surface area contributed by atoms with E-state index in [1.54, 1.807) is 6.92 Å². The zero-order chi connectivity index (χ0) is 14.5. The smallest absolute Gasteiger partial charge is 0.383 e. The largest absolute Gasteiger partial charge is 0.416 e. The molecule has 8 heteroatoms. The summed E-state index contributed by atoms with van der Waals surface area (Å²) < 4.78 is 39.0. The third-order valence-corrected chi connectivity index (χ3v) is 3.03. The summed E-state index contributed by atoms with van der Waals surface area (Å²) in [5, 5.41) is 11.6. The summed E-state index contributed by atoms with van der Waals surface area (Å²) in [5.74, 6) is 0.385. The fraction of sp³-hybridized carbons (Fsp3) is 0.167. The van der Waals surface area contributed by atoms with Crippen LogP contribution >= 0.6 is 0 Å². The van der Waals surface area contributed by atoms with Crippen molar-refractivity contribution in [2.45, 2.75) is 13.1 Å². The molecule has 0 bridgehead atoms. The van der Waals surface area contributed by atoms with Gasteiger partial charge in [0.05, 0.1) is 22.3 Å². The van der Waals surface area contributed by atoms with Gasteiger partial charge in [-0.2, -0.15) is 23.4 Å². The minimum Gasteiger partial charge on any atom is -0.383 e. The van der Waals surface area contributed by atoms with E-state index >= 15 is 0 Å². The molecule has 1 aromatic carbocycles. The Morgan fingerprint density at radius 2 is 1.85 bits per heavy atom. The van der Waals surface area contributed by atoms with Crippen LogP contribution in [0.2, 0.25) is 0 Å². The van der Waals surface area contributed by atoms with Gasteiger partial charge in [-0.15, -0.1) is 0 Å². The maximum absolute atomic E-state index is 12.5. The number of nitrogens with two attached hydrogens (primary N) is 1. The molecule has 0 aliphatic carbocycles. The van der Waals surface area contributed by atoms with Crippen LogP contribution in [0, 0.1) is 6.92 Å². The van der Waals surface area contributed by atoms with Crippen LogP contribution in [0.4, 0.5) is 19.0 Å². The first-order valence-corrected chi connectivity index (χ1v) is 5.75. The van der Waals surface area contributed by atoms with E-state index in [0.717, 1.165) is 12.1 Å². The molecule has 2 aromatic heterocycles. The number of H-pyrrole nitrogens is 1. The average Bonchev–Trinajstić information content (AvgIpc) is 2.91. The second-order valence-electron chi connectivity index (χ2n) is 4.38. The standard InChI is InChI=1S/C12H10F3N5/c1-6-9-10(16)17-18-11(9)20(19-6)8-4-2-7(3-5-8)12(13,14)15/h2-5H,1H3,(H3,16,17,18). The average molecular weight is 281 g/mol. The van der Waals surface area contributed by atoms with E-state index in [4.69, 9.17) is 5.73 Å². The highest BCUT2D eigenvalue weighted by Crippen LogP contribution is 2.30. The highest BCUT2D eigenvalue weighted by molar-refractivity contribution is 5.89. The van der Waals surface area contributed by atoms with E-state index in [-0.39, 0.29) is 0 Å². The number of aromatic nitrogens is 4. The zero-order valence-electron chi connectivity index (χ0n) is 10.4. The van der Waals surface area contributed by atoms with Crippen molar-refractivity contribution >= 4 is 16.9 Å². The summed E-state index contributed by atoms with van der Waals surface area (Å²) in [6.45, 7) is 1.76. The van der Waals surface area contributed by atoms with E-state index in [9.17, 15) is 13.2 Å². The molecule has 0 atom stereocenters. The monoisotopic (exact) mass is 281 g/mol. The molecule has 0 amide bonds. The molecular formula is C12H10F3N5. The van der Waals surface area contributed by atoms with Gasteiger partial charge in [-0.3, -0.25) is 5.10 Å². The van der Waals surface area contributed by atoms with Gasteiger partial charge in [-0.25, -0.2) is 4.68 Å². The number of rotatable bonds is 1. The molecule has 0 fully saturated rings. The Labute approximate surface area is 111 Å². The number of nitrogen functional groups attached to an aromatic ring is 1. The number of nitrogens with one attached hydrogen (secondary N) is 1. The maximum atomic E-state index is 12.5. The Morgan fingerprint density at radius 3 is 2.45 bits per heavy atom. The van der Waals surface area contributed by atoms with Gasteiger partial charge in [0, 0.05) is 0 Å². The molecule has 3 N–H and O–H groups in total. The number of hydrogen-bond acceptors (Lipinski definition) is 3. The van der Waals surface area contributed by atoms with E-state index < -0.39 is 11.7 Å². The normalized spacial score (nSPS) is 12.2. The molecule has 3 aromatic rings. The lowest BCUT2D eigenvalue weighted by atomic mass is 10.2. The quantitative estimate of drug-likeness (QED) is 0.720. The first-order valence-electron chi connectivity index (χ1n) is 5.75. The van der Waals surface area contributed by atoms with E-state index in [1.165, 1.54) is 16.8 Å². The molecule has 104 valence electrons. The van der Waals surface area contributed by atoms with Crippen LogP contribution in [0.1, 0.15) is 11.3 Å². The summed E-state index contributed by atoms with van der Waals surface area (Å²) >= 11 is 0. The summed E-state index contributed by atoms with van der Waals surface area (Å²) in [6, 6.07) is 4.71. The predicted molar refractivity (Wildman–Crippen MR) is 67.4 cm³/mol. The minimum absolute atomic E-state index is 0.385. The second-order valence-corrected chi connectivity index (χ2v) is 4.38. The van der Waals surface area contributed by atoms with Crippen molar-refractivity contribution in [3.63, 3.8) is 0 Å². The van der Waals surface area contributed by atoms with Gasteiger partial charge < -0.3 is 5.73 Å². The van der Waals surface area contributed by atoms with Gasteiger partial charge in [0.1, 0.15) is 5.82 Å². The predicted octanol–water partition coefficient (Wildman–Crippen LogP) is 2.66. The van der Waals surface area contributed by atoms with Crippen LogP contribution in [-0.4, -0.2) is 20.0 Å². The lowest BCUT2D eigenvalue weighted by Gasteiger charge is -2.07. The number of nitrogens with zero attached hydrogens (tertiary/aromatic N) is 3. The third kappa shape index (κ3) is 1.80. The summed E-state index contributed by atoms with van der Waals surface area (Å²) in [4.78, 5) is 0. The first-order chi connectivity index (χ1) is 9.38. The molecule has 0 radical (unpaired) electrons. The lowest BCUT2D eigenvalue weighted by Crippen LogP contribution is -2.05. The molecule has 3 rings (SSSR count). The number of halogens is 3. The maximum Gasteiger partial charge on any atom is 0.416 e. The summed E-state index contributed by atoms with van der Waals surface area (Å²) in [5.41, 5.74) is 6.66. The van der Waals surface area contributed by atoms with Crippen molar-refractivity contribution in [3.8, 4) is 5.69 Å². The van der Waals surface area contributed by atoms with Crippen molar-refractivity contribution in [1.29, 1.82) is 0 Å². The molecule has 20 heavy (non-hydrogen) atoms. The fourth-order valence-electron chi connectivity index (χ4n) is 2.07. The topological polar surface area (TPSA) is 72.5 Å². The molecular weight excluding hydrogens is 271 g/mol. The van der Waals surface area contributed by atoms with Gasteiger partial charge in [0.15, 0.2) is 5.65 Å². The number of fused-ring (bicyclic) bond motifs is 1. The summed E-state index contributed by atoms with van der Waals surface area (Å²) in [7, 11) is 0. The SMILES string of the molecule is Cc1nn(-c2ccc(C(F)(F)F)cc2)c2n[nH]c(N)c12. The van der Waals surface area contributed by atoms with Gasteiger partial charge in [-0.05, 0) is 31.2 Å². The Kier molecular flexibility index (Phi) is 2.50. The van der Waals surface area contributed by atoms with Gasteiger partial charge in [-0.1, -0.05) is 0 Å². The van der Waals surface area contributed by atoms with Gasteiger partial charge >= 0.3 is 6.18 Å². The summed E-state index contributed by atoms with van der Waals surface area (Å²) in [6.07, 6.45) is -4.36. The number of benzene rings is 1. The molecule has 0 spiro atoms. The highest BCUT2D eigenvalue weighted by atomic mass is 19.4. The van der Waals surface area contributed by atoms with Crippen molar-refractivity contribution in [3.05, 3.63) is 35.5 Å². The number of anilines is 1. The molecule has 0 saturated heterocycles. The number of alkyl halides is 3. The highest BCUT2D eigenvalue weighted by Gasteiger charge is 2.30. The Balaban J connectivity index is 2.12. The van der Waals surface area contributed by atoms with Gasteiger partial charge in [0.2, 0.25) is 0 Å². The van der Waals surface area contributed by atoms with E-state index in [2.05, 4.69) is 15.3 Å². The third-order valence-electron chi connectivity index (χ3n) is 3.03. The Hall–Kier alpha value is -2.51. The first kappa shape index (κ1) is 12.5. The van der Waals surface area contributed by atoms with E-state index in [1.807, 2.05) is 0 Å². The number of aryl methyl sites for hydroxylation is 1. The van der Waals surface area contributed by atoms with Crippen molar-refractivity contribution in [1.82, 2.24) is 20.0 Å². The molecule has 5 nitrogen and oxygen atoms in total. The van der Waals surface area contributed by atoms with Crippen LogP contribution in [-0.2, 0) is 6.18 Å². The molecule has 0 aliphatic heterocycles. The van der Waals surface area contributed by atoms with Crippen LogP contribution in [0.15, 0.2) is 24.3 Å². The molecule has 0 aliphatic rings. The van der Waals surface area contributed by atoms with Crippen LogP contribution in [0.25, 0.3) is 16.7 Å². The molecule has 0 unspecified atom stereocenters. The van der Waals surface area contributed by atoms with Crippen LogP contribution < -0.4 is 5.73 Å². The lowest BCUT2D eigenvalue weighted by molar-refractivity contribution is -0.137.